The molecule has 0 spiro atoms. The molecule has 3 saturated heterocycles. The Hall–Kier alpha value is -3.56. The van der Waals surface area contributed by atoms with Crippen molar-refractivity contribution in [3.63, 3.8) is 0 Å². The molecule has 5 heterocycles. The number of hydrogen-bond acceptors (Lipinski definition) is 6. The molecule has 4 amide bonds. The van der Waals surface area contributed by atoms with E-state index in [1.165, 1.54) is 4.90 Å². The van der Waals surface area contributed by atoms with Gasteiger partial charge in [0, 0.05) is 31.1 Å². The fraction of sp³-hybridized carbons (Fsp3) is 0.520. The van der Waals surface area contributed by atoms with Crippen LogP contribution in [0.25, 0.3) is 5.69 Å². The molecule has 1 N–H and O–H groups in total. The van der Waals surface area contributed by atoms with E-state index < -0.39 is 11.9 Å². The van der Waals surface area contributed by atoms with Gasteiger partial charge in [-0.3, -0.25) is 24.5 Å². The van der Waals surface area contributed by atoms with Gasteiger partial charge >= 0.3 is 0 Å². The first-order valence-corrected chi connectivity index (χ1v) is 12.3. The number of nitrogens with one attached hydrogen (secondary N) is 1. The number of fused-ring (bicyclic) bond motifs is 4. The van der Waals surface area contributed by atoms with Gasteiger partial charge < -0.3 is 9.80 Å². The van der Waals surface area contributed by atoms with Crippen molar-refractivity contribution in [2.45, 2.75) is 64.6 Å². The number of nitrogens with zero attached hydrogens (tertiary/aromatic N) is 5. The molecule has 7 rings (SSSR count). The summed E-state index contributed by atoms with van der Waals surface area (Å²) in [6.07, 6.45) is 5.40. The smallest absolute Gasteiger partial charge is 0.276 e. The minimum atomic E-state index is -0.657. The number of imide groups is 1. The molecule has 3 unspecified atom stereocenters. The number of amides is 4. The van der Waals surface area contributed by atoms with Crippen molar-refractivity contribution in [3.05, 3.63) is 41.2 Å². The lowest BCUT2D eigenvalue weighted by atomic mass is 9.57. The van der Waals surface area contributed by atoms with Crippen LogP contribution in [0, 0.1) is 11.3 Å². The summed E-state index contributed by atoms with van der Waals surface area (Å²) in [4.78, 5) is 53.5. The minimum Gasteiger partial charge on any atom is -0.334 e. The summed E-state index contributed by atoms with van der Waals surface area (Å²) >= 11 is 0. The van der Waals surface area contributed by atoms with E-state index >= 15 is 0 Å². The van der Waals surface area contributed by atoms with Gasteiger partial charge in [0.2, 0.25) is 11.8 Å². The van der Waals surface area contributed by atoms with Crippen molar-refractivity contribution in [1.29, 1.82) is 0 Å². The van der Waals surface area contributed by atoms with Gasteiger partial charge in [-0.25, -0.2) is 4.68 Å². The van der Waals surface area contributed by atoms with Crippen LogP contribution in [0.2, 0.25) is 0 Å². The van der Waals surface area contributed by atoms with Crippen LogP contribution in [-0.2, 0) is 16.1 Å². The summed E-state index contributed by atoms with van der Waals surface area (Å²) in [5, 5.41) is 10.7. The highest BCUT2D eigenvalue weighted by molar-refractivity contribution is 6.05. The molecular formula is C25H28N6O4. The third-order valence-corrected chi connectivity index (χ3v) is 8.49. The van der Waals surface area contributed by atoms with Crippen LogP contribution in [0.5, 0.6) is 0 Å². The summed E-state index contributed by atoms with van der Waals surface area (Å²) in [5.41, 5.74) is 2.43. The highest BCUT2D eigenvalue weighted by Gasteiger charge is 2.53. The van der Waals surface area contributed by atoms with Crippen molar-refractivity contribution in [3.8, 4) is 5.69 Å². The molecule has 1 aliphatic carbocycles. The standard InChI is InChI=1S/C25H28N6O4/c1-25(2)15-4-3-9-29(20(25)11-15)24(35)18-13-31(28-27-18)16-5-6-17-14(10-16)12-30(23(17)34)19-7-8-21(32)26-22(19)33/h5-6,10,13,15,19-20H,3-4,7-9,11-12H2,1-2H3,(H,26,32,33). The summed E-state index contributed by atoms with van der Waals surface area (Å²) in [6, 6.07) is 4.90. The van der Waals surface area contributed by atoms with Crippen LogP contribution in [0.3, 0.4) is 0 Å². The molecule has 2 bridgehead atoms. The summed E-state index contributed by atoms with van der Waals surface area (Å²) in [5.74, 6) is -0.380. The fourth-order valence-corrected chi connectivity index (χ4v) is 6.25. The maximum Gasteiger partial charge on any atom is 0.276 e. The maximum atomic E-state index is 13.3. The molecule has 35 heavy (non-hydrogen) atoms. The first kappa shape index (κ1) is 21.9. The Morgan fingerprint density at radius 1 is 1.17 bits per heavy atom. The SMILES string of the molecule is CC1(C)C2CCCN(C(=O)c3cn(-c4ccc5c(c4)CN(C4CCC(=O)NC4=O)C5=O)nn3)C1C2. The normalized spacial score (nSPS) is 27.3. The Morgan fingerprint density at radius 2 is 2.00 bits per heavy atom. The number of hydrogen-bond donors (Lipinski definition) is 1. The molecule has 1 aromatic carbocycles. The number of aromatic nitrogens is 3. The quantitative estimate of drug-likeness (QED) is 0.674. The lowest BCUT2D eigenvalue weighted by Crippen LogP contribution is -2.57. The van der Waals surface area contributed by atoms with Gasteiger partial charge in [0.05, 0.1) is 11.9 Å². The highest BCUT2D eigenvalue weighted by Crippen LogP contribution is 2.53. The zero-order valence-electron chi connectivity index (χ0n) is 19.9. The van der Waals surface area contributed by atoms with Gasteiger partial charge in [0.25, 0.3) is 11.8 Å². The minimum absolute atomic E-state index is 0.0879. The Kier molecular flexibility index (Phi) is 4.84. The lowest BCUT2D eigenvalue weighted by molar-refractivity contribution is -0.136. The van der Waals surface area contributed by atoms with Gasteiger partial charge in [0.1, 0.15) is 6.04 Å². The van der Waals surface area contributed by atoms with E-state index in [-0.39, 0.29) is 42.1 Å². The second-order valence-corrected chi connectivity index (χ2v) is 10.7. The molecule has 4 fully saturated rings. The average molecular weight is 477 g/mol. The Morgan fingerprint density at radius 3 is 2.77 bits per heavy atom. The number of carbonyl (C=O) groups is 4. The molecule has 10 nitrogen and oxygen atoms in total. The molecule has 1 saturated carbocycles. The van der Waals surface area contributed by atoms with E-state index in [0.717, 1.165) is 31.4 Å². The predicted octanol–water partition coefficient (Wildman–Crippen LogP) is 1.68. The van der Waals surface area contributed by atoms with Crippen molar-refractivity contribution in [1.82, 2.24) is 30.1 Å². The van der Waals surface area contributed by atoms with Crippen LogP contribution >= 0.6 is 0 Å². The zero-order chi connectivity index (χ0) is 24.5. The topological polar surface area (TPSA) is 118 Å². The predicted molar refractivity (Wildman–Crippen MR) is 123 cm³/mol. The van der Waals surface area contributed by atoms with E-state index in [4.69, 9.17) is 0 Å². The Bertz CT molecular complexity index is 1270. The van der Waals surface area contributed by atoms with Gasteiger partial charge in [-0.1, -0.05) is 19.1 Å². The van der Waals surface area contributed by atoms with E-state index in [9.17, 15) is 19.2 Å². The highest BCUT2D eigenvalue weighted by atomic mass is 16.2. The first-order valence-electron chi connectivity index (χ1n) is 12.3. The van der Waals surface area contributed by atoms with E-state index in [0.29, 0.717) is 29.3 Å². The monoisotopic (exact) mass is 476 g/mol. The molecule has 4 aliphatic heterocycles. The number of carbonyl (C=O) groups excluding carboxylic acids is 4. The molecule has 1 aromatic heterocycles. The van der Waals surface area contributed by atoms with Gasteiger partial charge in [-0.05, 0) is 60.8 Å². The molecular weight excluding hydrogens is 448 g/mol. The van der Waals surface area contributed by atoms with Gasteiger partial charge in [0.15, 0.2) is 5.69 Å². The van der Waals surface area contributed by atoms with Crippen molar-refractivity contribution >= 4 is 23.6 Å². The molecule has 0 radical (unpaired) electrons. The van der Waals surface area contributed by atoms with Crippen molar-refractivity contribution in [2.75, 3.05) is 6.54 Å². The number of rotatable bonds is 3. The van der Waals surface area contributed by atoms with Crippen molar-refractivity contribution in [2.24, 2.45) is 11.3 Å². The molecule has 182 valence electrons. The number of benzene rings is 1. The number of piperidine rings is 1. The average Bonchev–Trinajstić information content (AvgIpc) is 3.32. The zero-order valence-corrected chi connectivity index (χ0v) is 19.9. The molecule has 2 aromatic rings. The summed E-state index contributed by atoms with van der Waals surface area (Å²) < 4.78 is 1.55. The maximum absolute atomic E-state index is 13.3. The van der Waals surface area contributed by atoms with Gasteiger partial charge in [-0.15, -0.1) is 5.10 Å². The fourth-order valence-electron chi connectivity index (χ4n) is 6.25. The second-order valence-electron chi connectivity index (χ2n) is 10.7. The van der Waals surface area contributed by atoms with Crippen LogP contribution in [0.15, 0.2) is 24.4 Å². The largest absolute Gasteiger partial charge is 0.334 e. The lowest BCUT2D eigenvalue weighted by Gasteiger charge is -2.54. The van der Waals surface area contributed by atoms with Crippen LogP contribution in [0.1, 0.15) is 72.4 Å². The summed E-state index contributed by atoms with van der Waals surface area (Å²) in [7, 11) is 0. The Labute approximate surface area is 202 Å². The van der Waals surface area contributed by atoms with E-state index in [2.05, 4.69) is 29.5 Å². The third-order valence-electron chi connectivity index (χ3n) is 8.49. The molecule has 10 heteroatoms. The van der Waals surface area contributed by atoms with Crippen molar-refractivity contribution < 1.29 is 19.2 Å². The first-order chi connectivity index (χ1) is 16.7. The van der Waals surface area contributed by atoms with Crippen LogP contribution < -0.4 is 5.32 Å². The Balaban J connectivity index is 1.21. The molecule has 5 aliphatic rings. The van der Waals surface area contributed by atoms with E-state index in [1.54, 1.807) is 23.0 Å². The second kappa shape index (κ2) is 7.73. The van der Waals surface area contributed by atoms with E-state index in [1.807, 2.05) is 11.0 Å². The van der Waals surface area contributed by atoms with Crippen LogP contribution in [0.4, 0.5) is 0 Å². The van der Waals surface area contributed by atoms with Gasteiger partial charge in [-0.2, -0.15) is 0 Å². The van der Waals surface area contributed by atoms with Crippen LogP contribution in [-0.4, -0.2) is 67.1 Å². The molecule has 3 atom stereocenters. The third kappa shape index (κ3) is 3.37. The summed E-state index contributed by atoms with van der Waals surface area (Å²) in [6.45, 7) is 5.52.